The van der Waals surface area contributed by atoms with Crippen LogP contribution < -0.4 is 0 Å². The number of benzene rings is 7. The SMILES string of the molecule is CCOC(=O)[C@@]1(OC)C[C@@H](OCc2ccccc2)[C@@H](OCc2ccccc2)[C@@H]([C@@H](CO[C@@]2(C(=O)OCC)O[C@H]([C@@H](COCc3ccccc3)OCc3ccccc3)[C@H](OCc3ccccc3)[C@H](OCc3ccccc3)[C@@H]2I)OCc2ccccc2)O1. The molecule has 11 atom stereocenters. The number of alkyl halides is 1. The first-order valence-electron chi connectivity index (χ1n) is 29.3. The Morgan fingerprint density at radius 2 is 0.814 bits per heavy atom. The van der Waals surface area contributed by atoms with Crippen molar-refractivity contribution in [2.45, 2.75) is 131 Å². The molecule has 9 rings (SSSR count). The number of carbonyl (C=O) groups is 2. The second kappa shape index (κ2) is 33.2. The van der Waals surface area contributed by atoms with Crippen LogP contribution in [0.25, 0.3) is 0 Å². The van der Waals surface area contributed by atoms with Crippen LogP contribution in [0.15, 0.2) is 212 Å². The molecule has 86 heavy (non-hydrogen) atoms. The minimum absolute atomic E-state index is 0.00962. The van der Waals surface area contributed by atoms with Crippen molar-refractivity contribution in [1.29, 1.82) is 0 Å². The van der Waals surface area contributed by atoms with Gasteiger partial charge in [0.1, 0.15) is 46.7 Å². The van der Waals surface area contributed by atoms with Crippen molar-refractivity contribution in [1.82, 2.24) is 0 Å². The minimum Gasteiger partial charge on any atom is -0.462 e. The largest absolute Gasteiger partial charge is 0.462 e. The highest BCUT2D eigenvalue weighted by atomic mass is 127. The number of hydrogen-bond acceptors (Lipinski definition) is 15. The summed E-state index contributed by atoms with van der Waals surface area (Å²) in [6, 6.07) is 68.2. The molecular formula is C70H77IO15. The van der Waals surface area contributed by atoms with E-state index in [1.165, 1.54) is 7.11 Å². The van der Waals surface area contributed by atoms with Crippen LogP contribution in [-0.4, -0.2) is 110 Å². The van der Waals surface area contributed by atoms with E-state index in [-0.39, 0.29) is 72.5 Å². The van der Waals surface area contributed by atoms with E-state index in [9.17, 15) is 4.79 Å². The fourth-order valence-electron chi connectivity index (χ4n) is 10.5. The van der Waals surface area contributed by atoms with Gasteiger partial charge in [0.15, 0.2) is 0 Å². The Kier molecular flexibility index (Phi) is 24.8. The maximum atomic E-state index is 15.6. The molecule has 16 heteroatoms. The summed E-state index contributed by atoms with van der Waals surface area (Å²) in [6.45, 7) is 3.97. The number of carbonyl (C=O) groups excluding carboxylic acids is 2. The fraction of sp³-hybridized carbons (Fsp3) is 0.371. The lowest BCUT2D eigenvalue weighted by Crippen LogP contribution is -2.71. The van der Waals surface area contributed by atoms with Gasteiger partial charge < -0.3 is 61.6 Å². The molecule has 2 aliphatic heterocycles. The number of hydrogen-bond donors (Lipinski definition) is 0. The van der Waals surface area contributed by atoms with Gasteiger partial charge in [-0.25, -0.2) is 9.59 Å². The summed E-state index contributed by atoms with van der Waals surface area (Å²) < 4.78 is 87.4. The zero-order valence-electron chi connectivity index (χ0n) is 48.9. The van der Waals surface area contributed by atoms with Gasteiger partial charge in [0.05, 0.1) is 78.8 Å². The molecular weight excluding hydrogens is 1210 g/mol. The Labute approximate surface area is 518 Å². The van der Waals surface area contributed by atoms with Gasteiger partial charge in [0, 0.05) is 13.5 Å². The minimum atomic E-state index is -2.30. The van der Waals surface area contributed by atoms with Crippen LogP contribution >= 0.6 is 22.6 Å². The number of esters is 2. The van der Waals surface area contributed by atoms with Crippen molar-refractivity contribution in [3.8, 4) is 0 Å². The third-order valence-electron chi connectivity index (χ3n) is 14.9. The topological polar surface area (TPSA) is 154 Å². The van der Waals surface area contributed by atoms with Gasteiger partial charge in [-0.05, 0) is 52.8 Å². The third kappa shape index (κ3) is 17.5. The molecule has 0 amide bonds. The van der Waals surface area contributed by atoms with E-state index in [4.69, 9.17) is 61.6 Å². The third-order valence-corrected chi connectivity index (χ3v) is 16.5. The highest BCUT2D eigenvalue weighted by Crippen LogP contribution is 2.44. The quantitative estimate of drug-likeness (QED) is 0.0223. The van der Waals surface area contributed by atoms with Crippen molar-refractivity contribution in [3.05, 3.63) is 251 Å². The molecule has 2 heterocycles. The van der Waals surface area contributed by atoms with Crippen molar-refractivity contribution in [2.24, 2.45) is 0 Å². The second-order valence-electron chi connectivity index (χ2n) is 20.9. The highest BCUT2D eigenvalue weighted by molar-refractivity contribution is 14.1. The lowest BCUT2D eigenvalue weighted by molar-refractivity contribution is -0.352. The standard InChI is InChI=1S/C70H77IO15/c1-4-76-67(72)69(74-3)41-58(78-43-52-29-15-7-16-30-52)61(81-46-55-35-21-10-22-36-55)62(85-69)60(80-45-54-33-19-9-20-34-54)50-84-70(68(73)77-5-2)66(71)65(83-48-57-39-25-12-26-40-57)64(82-47-56-37-23-11-24-38-56)63(86-70)59(79-44-53-31-17-8-18-32-53)49-75-42-51-27-13-6-14-28-51/h6-40,58-66H,4-5,41-50H2,1-3H3/t58-,59-,60-,61-,62-,63-,64+,65+,66+,69-,70-/m1/s1. The van der Waals surface area contributed by atoms with Crippen molar-refractivity contribution in [2.75, 3.05) is 33.5 Å². The summed E-state index contributed by atoms with van der Waals surface area (Å²) in [6.07, 6.45) is -8.34. The summed E-state index contributed by atoms with van der Waals surface area (Å²) >= 11 is 2.18. The van der Waals surface area contributed by atoms with Crippen molar-refractivity contribution >= 4 is 34.5 Å². The van der Waals surface area contributed by atoms with Gasteiger partial charge in [-0.15, -0.1) is 0 Å². The molecule has 454 valence electrons. The second-order valence-corrected chi connectivity index (χ2v) is 22.3. The van der Waals surface area contributed by atoms with E-state index in [0.717, 1.165) is 38.9 Å². The van der Waals surface area contributed by atoms with Gasteiger partial charge in [-0.1, -0.05) is 235 Å². The first-order valence-corrected chi connectivity index (χ1v) is 30.5. The van der Waals surface area contributed by atoms with Crippen LogP contribution in [0.2, 0.25) is 0 Å². The summed E-state index contributed by atoms with van der Waals surface area (Å²) in [7, 11) is 1.39. The summed E-state index contributed by atoms with van der Waals surface area (Å²) in [5.41, 5.74) is 6.19. The Balaban J connectivity index is 1.17. The maximum Gasteiger partial charge on any atom is 0.368 e. The van der Waals surface area contributed by atoms with E-state index in [0.29, 0.717) is 0 Å². The lowest BCUT2D eigenvalue weighted by Gasteiger charge is -2.51. The molecule has 0 radical (unpaired) electrons. The van der Waals surface area contributed by atoms with Gasteiger partial charge in [-0.2, -0.15) is 0 Å². The van der Waals surface area contributed by atoms with Gasteiger partial charge in [0.2, 0.25) is 0 Å². The summed E-state index contributed by atoms with van der Waals surface area (Å²) in [4.78, 5) is 30.1. The number of ether oxygens (including phenoxy) is 13. The predicted molar refractivity (Wildman–Crippen MR) is 330 cm³/mol. The number of methoxy groups -OCH3 is 1. The molecule has 0 aromatic heterocycles. The first kappa shape index (κ1) is 64.2. The molecule has 7 aromatic carbocycles. The normalized spacial score (nSPS) is 23.7. The highest BCUT2D eigenvalue weighted by Gasteiger charge is 2.64. The Morgan fingerprint density at radius 3 is 1.24 bits per heavy atom. The summed E-state index contributed by atoms with van der Waals surface area (Å²) in [5, 5.41) is 0. The summed E-state index contributed by atoms with van der Waals surface area (Å²) in [5.74, 6) is -5.93. The zero-order valence-corrected chi connectivity index (χ0v) is 51.0. The molecule has 0 aliphatic carbocycles. The van der Waals surface area contributed by atoms with Gasteiger partial charge in [-0.3, -0.25) is 0 Å². The van der Waals surface area contributed by atoms with Crippen LogP contribution in [0.3, 0.4) is 0 Å². The van der Waals surface area contributed by atoms with Crippen LogP contribution in [-0.2, 0) is 117 Å². The average molecular weight is 1290 g/mol. The predicted octanol–water partition coefficient (Wildman–Crippen LogP) is 11.9. The van der Waals surface area contributed by atoms with Gasteiger partial charge in [0.25, 0.3) is 11.6 Å². The number of rotatable bonds is 32. The molecule has 2 fully saturated rings. The van der Waals surface area contributed by atoms with E-state index < -0.39 is 82.9 Å². The van der Waals surface area contributed by atoms with Crippen LogP contribution in [0.5, 0.6) is 0 Å². The van der Waals surface area contributed by atoms with Gasteiger partial charge >= 0.3 is 11.9 Å². The van der Waals surface area contributed by atoms with Crippen LogP contribution in [0.1, 0.15) is 59.2 Å². The van der Waals surface area contributed by atoms with Crippen LogP contribution in [0, 0.1) is 0 Å². The maximum absolute atomic E-state index is 15.6. The molecule has 0 saturated carbocycles. The molecule has 0 bridgehead atoms. The van der Waals surface area contributed by atoms with E-state index in [2.05, 4.69) is 22.6 Å². The average Bonchev–Trinajstić information content (AvgIpc) is 3.40. The molecule has 7 aromatic rings. The smallest absolute Gasteiger partial charge is 0.368 e. The lowest BCUT2D eigenvalue weighted by atomic mass is 9.90. The van der Waals surface area contributed by atoms with E-state index >= 15 is 4.79 Å². The molecule has 2 aliphatic rings. The molecule has 15 nitrogen and oxygen atoms in total. The monoisotopic (exact) mass is 1280 g/mol. The van der Waals surface area contributed by atoms with Crippen LogP contribution in [0.4, 0.5) is 0 Å². The zero-order chi connectivity index (χ0) is 59.8. The Hall–Kier alpha value is -6.23. The van der Waals surface area contributed by atoms with Crippen molar-refractivity contribution < 1.29 is 71.2 Å². The first-order chi connectivity index (χ1) is 42.2. The van der Waals surface area contributed by atoms with Crippen molar-refractivity contribution in [3.63, 3.8) is 0 Å². The number of halogens is 1. The molecule has 0 unspecified atom stereocenters. The Morgan fingerprint density at radius 1 is 0.453 bits per heavy atom. The Bertz CT molecular complexity index is 3050. The molecule has 0 N–H and O–H groups in total. The fourth-order valence-corrected chi connectivity index (χ4v) is 11.7. The molecule has 2 saturated heterocycles. The molecule has 0 spiro atoms. The van der Waals surface area contributed by atoms with E-state index in [1.54, 1.807) is 13.8 Å². The van der Waals surface area contributed by atoms with E-state index in [1.807, 2.05) is 212 Å².